The van der Waals surface area contributed by atoms with Crippen LogP contribution < -0.4 is 5.32 Å². The van der Waals surface area contributed by atoms with Crippen LogP contribution in [0.25, 0.3) is 5.57 Å². The molecule has 3 heteroatoms. The Morgan fingerprint density at radius 2 is 2.12 bits per heavy atom. The minimum Gasteiger partial charge on any atom is -0.308 e. The number of aromatic nitrogens is 2. The summed E-state index contributed by atoms with van der Waals surface area (Å²) in [5.41, 5.74) is 1.19. The summed E-state index contributed by atoms with van der Waals surface area (Å²) in [6, 6.07) is 1.84. The molecule has 2 rings (SSSR count). The highest BCUT2D eigenvalue weighted by atomic mass is 15.0. The summed E-state index contributed by atoms with van der Waals surface area (Å²) < 4.78 is 0. The lowest BCUT2D eigenvalue weighted by atomic mass is 9.90. The molecule has 0 spiro atoms. The molecule has 0 radical (unpaired) electrons. The number of nitrogens with one attached hydrogen (secondary N) is 1. The highest BCUT2D eigenvalue weighted by Crippen LogP contribution is 2.24. The molecule has 1 unspecified atom stereocenters. The fraction of sp³-hybridized carbons (Fsp3) is 0.429. The lowest BCUT2D eigenvalue weighted by molar-refractivity contribution is 0.439. The van der Waals surface area contributed by atoms with Crippen molar-refractivity contribution in [2.45, 2.75) is 32.2 Å². The Labute approximate surface area is 103 Å². The van der Waals surface area contributed by atoms with Gasteiger partial charge in [0.15, 0.2) is 5.82 Å². The van der Waals surface area contributed by atoms with Gasteiger partial charge in [-0.05, 0) is 32.4 Å². The summed E-state index contributed by atoms with van der Waals surface area (Å²) in [5, 5.41) is 3.55. The molecule has 1 heterocycles. The molecule has 0 aliphatic heterocycles. The van der Waals surface area contributed by atoms with E-state index in [1.54, 1.807) is 12.4 Å². The van der Waals surface area contributed by atoms with Crippen molar-refractivity contribution in [2.75, 3.05) is 6.54 Å². The largest absolute Gasteiger partial charge is 0.308 e. The Balaban J connectivity index is 2.06. The normalized spacial score (nSPS) is 23.5. The Morgan fingerprint density at radius 1 is 1.35 bits per heavy atom. The van der Waals surface area contributed by atoms with Crippen molar-refractivity contribution >= 4 is 5.57 Å². The van der Waals surface area contributed by atoms with Crippen LogP contribution in [0.15, 0.2) is 36.7 Å². The molecule has 1 aliphatic rings. The van der Waals surface area contributed by atoms with Gasteiger partial charge in [0, 0.05) is 23.5 Å². The van der Waals surface area contributed by atoms with Gasteiger partial charge in [0.25, 0.3) is 0 Å². The maximum atomic E-state index is 4.26. The summed E-state index contributed by atoms with van der Waals surface area (Å²) in [7, 11) is 0. The minimum absolute atomic E-state index is 0.0777. The number of hydrogen-bond donors (Lipinski definition) is 1. The fourth-order valence-corrected chi connectivity index (χ4v) is 1.89. The summed E-state index contributed by atoms with van der Waals surface area (Å²) >= 11 is 0. The molecule has 3 nitrogen and oxygen atoms in total. The van der Waals surface area contributed by atoms with Gasteiger partial charge in [0.05, 0.1) is 0 Å². The average molecular weight is 229 g/mol. The van der Waals surface area contributed by atoms with E-state index < -0.39 is 0 Å². The molecule has 1 N–H and O–H groups in total. The predicted octanol–water partition coefficient (Wildman–Crippen LogP) is 2.58. The summed E-state index contributed by atoms with van der Waals surface area (Å²) in [4.78, 5) is 8.52. The van der Waals surface area contributed by atoms with Crippen molar-refractivity contribution in [3.63, 3.8) is 0 Å². The smallest absolute Gasteiger partial charge is 0.158 e. The van der Waals surface area contributed by atoms with Gasteiger partial charge >= 0.3 is 0 Å². The van der Waals surface area contributed by atoms with E-state index in [0.29, 0.717) is 0 Å². The van der Waals surface area contributed by atoms with E-state index in [1.165, 1.54) is 0 Å². The number of allylic oxidation sites excluding steroid dienone is 2. The third-order valence-electron chi connectivity index (χ3n) is 2.98. The summed E-state index contributed by atoms with van der Waals surface area (Å²) in [6.07, 6.45) is 12.2. The van der Waals surface area contributed by atoms with Gasteiger partial charge in [0.2, 0.25) is 0 Å². The van der Waals surface area contributed by atoms with Gasteiger partial charge in [-0.1, -0.05) is 25.2 Å². The van der Waals surface area contributed by atoms with E-state index in [1.807, 2.05) is 6.07 Å². The van der Waals surface area contributed by atoms with E-state index >= 15 is 0 Å². The van der Waals surface area contributed by atoms with Crippen molar-refractivity contribution < 1.29 is 0 Å². The molecule has 0 fully saturated rings. The lowest BCUT2D eigenvalue weighted by Gasteiger charge is -2.29. The molecule has 1 aromatic rings. The molecule has 0 amide bonds. The lowest BCUT2D eigenvalue weighted by Crippen LogP contribution is -2.41. The van der Waals surface area contributed by atoms with Gasteiger partial charge in [-0.2, -0.15) is 0 Å². The van der Waals surface area contributed by atoms with Crippen molar-refractivity contribution in [2.24, 2.45) is 0 Å². The Morgan fingerprint density at radius 3 is 2.71 bits per heavy atom. The number of rotatable bonds is 4. The van der Waals surface area contributed by atoms with Crippen molar-refractivity contribution in [3.8, 4) is 0 Å². The number of hydrogen-bond acceptors (Lipinski definition) is 3. The SMILES string of the molecule is CCCNC1(C)C=CC(c2ncccn2)=CC1. The zero-order chi connectivity index (χ0) is 12.1. The van der Waals surface area contributed by atoms with Crippen LogP contribution in [-0.4, -0.2) is 22.1 Å². The van der Waals surface area contributed by atoms with Crippen molar-refractivity contribution in [1.29, 1.82) is 0 Å². The zero-order valence-electron chi connectivity index (χ0n) is 10.5. The molecule has 0 saturated carbocycles. The van der Waals surface area contributed by atoms with E-state index in [0.717, 1.165) is 30.8 Å². The second kappa shape index (κ2) is 5.23. The molecule has 1 aromatic heterocycles. The second-order valence-corrected chi connectivity index (χ2v) is 4.61. The highest BCUT2D eigenvalue weighted by Gasteiger charge is 2.21. The standard InChI is InChI=1S/C14H19N3/c1-3-9-17-14(2)7-5-12(6-8-14)13-15-10-4-11-16-13/h4-7,10-11,17H,3,8-9H2,1-2H3. The van der Waals surface area contributed by atoms with Crippen molar-refractivity contribution in [1.82, 2.24) is 15.3 Å². The van der Waals surface area contributed by atoms with Crippen LogP contribution in [-0.2, 0) is 0 Å². The molecular formula is C14H19N3. The van der Waals surface area contributed by atoms with Gasteiger partial charge < -0.3 is 5.32 Å². The molecule has 0 bridgehead atoms. The molecule has 0 saturated heterocycles. The van der Waals surface area contributed by atoms with Gasteiger partial charge in [-0.3, -0.25) is 0 Å². The third kappa shape index (κ3) is 3.01. The predicted molar refractivity (Wildman–Crippen MR) is 70.5 cm³/mol. The Hall–Kier alpha value is -1.48. The first-order chi connectivity index (χ1) is 8.23. The monoisotopic (exact) mass is 229 g/mol. The second-order valence-electron chi connectivity index (χ2n) is 4.61. The summed E-state index contributed by atoms with van der Waals surface area (Å²) in [5.74, 6) is 0.807. The topological polar surface area (TPSA) is 37.8 Å². The third-order valence-corrected chi connectivity index (χ3v) is 2.98. The van der Waals surface area contributed by atoms with Gasteiger partial charge in [-0.15, -0.1) is 0 Å². The maximum Gasteiger partial charge on any atom is 0.158 e. The Kier molecular flexibility index (Phi) is 3.69. The van der Waals surface area contributed by atoms with E-state index in [4.69, 9.17) is 0 Å². The fourth-order valence-electron chi connectivity index (χ4n) is 1.89. The van der Waals surface area contributed by atoms with Gasteiger partial charge in [0.1, 0.15) is 0 Å². The first-order valence-electron chi connectivity index (χ1n) is 6.15. The van der Waals surface area contributed by atoms with Crippen LogP contribution >= 0.6 is 0 Å². The molecular weight excluding hydrogens is 210 g/mol. The van der Waals surface area contributed by atoms with Crippen molar-refractivity contribution in [3.05, 3.63) is 42.5 Å². The molecule has 90 valence electrons. The molecule has 1 aliphatic carbocycles. The quantitative estimate of drug-likeness (QED) is 0.862. The van der Waals surface area contributed by atoms with Crippen LogP contribution in [0, 0.1) is 0 Å². The molecule has 0 aromatic carbocycles. The van der Waals surface area contributed by atoms with Gasteiger partial charge in [-0.25, -0.2) is 9.97 Å². The zero-order valence-corrected chi connectivity index (χ0v) is 10.5. The van der Waals surface area contributed by atoms with E-state index in [2.05, 4.69) is 47.4 Å². The van der Waals surface area contributed by atoms with Crippen LogP contribution in [0.5, 0.6) is 0 Å². The van der Waals surface area contributed by atoms with Crippen LogP contribution in [0.3, 0.4) is 0 Å². The van der Waals surface area contributed by atoms with Crippen LogP contribution in [0.1, 0.15) is 32.5 Å². The minimum atomic E-state index is 0.0777. The first-order valence-corrected chi connectivity index (χ1v) is 6.15. The summed E-state index contributed by atoms with van der Waals surface area (Å²) in [6.45, 7) is 5.45. The van der Waals surface area contributed by atoms with E-state index in [9.17, 15) is 0 Å². The van der Waals surface area contributed by atoms with Crippen LogP contribution in [0.4, 0.5) is 0 Å². The van der Waals surface area contributed by atoms with E-state index in [-0.39, 0.29) is 5.54 Å². The maximum absolute atomic E-state index is 4.26. The Bertz CT molecular complexity index is 422. The van der Waals surface area contributed by atoms with Crippen LogP contribution in [0.2, 0.25) is 0 Å². The highest BCUT2D eigenvalue weighted by molar-refractivity contribution is 5.71. The molecule has 1 atom stereocenters. The molecule has 17 heavy (non-hydrogen) atoms. The first kappa shape index (κ1) is 12.0. The number of nitrogens with zero attached hydrogens (tertiary/aromatic N) is 2. The average Bonchev–Trinajstić information content (AvgIpc) is 2.38.